The number of benzene rings is 1. The number of halogens is 2. The fourth-order valence-electron chi connectivity index (χ4n) is 1.50. The Hall–Kier alpha value is -1.14. The fraction of sp³-hybridized carbons (Fsp3) is 0.333. The van der Waals surface area contributed by atoms with E-state index in [1.807, 2.05) is 0 Å². The Balaban J connectivity index is 2.03. The van der Waals surface area contributed by atoms with Gasteiger partial charge >= 0.3 is 0 Å². The topological polar surface area (TPSA) is 60.2 Å². The zero-order valence-electron chi connectivity index (χ0n) is 10.3. The smallest absolute Gasteiger partial charge is 0.240 e. The zero-order chi connectivity index (χ0) is 13.7. The molecule has 0 saturated heterocycles. The van der Waals surface area contributed by atoms with Crippen molar-refractivity contribution in [1.82, 2.24) is 15.5 Å². The van der Waals surface area contributed by atoms with Crippen LogP contribution in [0, 0.1) is 0 Å². The first kappa shape index (κ1) is 14.3. The monoisotopic (exact) mass is 301 g/mol. The summed E-state index contributed by atoms with van der Waals surface area (Å²) < 4.78 is 10.1. The van der Waals surface area contributed by atoms with E-state index in [0.717, 1.165) is 12.1 Å². The van der Waals surface area contributed by atoms with Crippen molar-refractivity contribution in [2.24, 2.45) is 0 Å². The maximum atomic E-state index is 5.93. The van der Waals surface area contributed by atoms with Gasteiger partial charge < -0.3 is 14.6 Å². The molecule has 0 aliphatic carbocycles. The molecule has 5 nitrogen and oxygen atoms in total. The molecule has 0 fully saturated rings. The fourth-order valence-corrected chi connectivity index (χ4v) is 2.02. The van der Waals surface area contributed by atoms with Gasteiger partial charge in [0.25, 0.3) is 0 Å². The predicted molar refractivity (Wildman–Crippen MR) is 73.3 cm³/mol. The SMILES string of the molecule is COCCNCc1nc(-c2cc(Cl)cc(Cl)c2)no1. The first-order chi connectivity index (χ1) is 9.19. The molecule has 1 N–H and O–H groups in total. The van der Waals surface area contributed by atoms with Crippen LogP contribution in [0.15, 0.2) is 22.7 Å². The van der Waals surface area contributed by atoms with Gasteiger partial charge in [0.05, 0.1) is 13.2 Å². The van der Waals surface area contributed by atoms with Crippen LogP contribution < -0.4 is 5.32 Å². The Morgan fingerprint density at radius 2 is 2.00 bits per heavy atom. The van der Waals surface area contributed by atoms with Gasteiger partial charge in [0.15, 0.2) is 0 Å². The molecule has 0 atom stereocenters. The summed E-state index contributed by atoms with van der Waals surface area (Å²) in [6, 6.07) is 5.13. The average molecular weight is 302 g/mol. The molecule has 0 amide bonds. The minimum absolute atomic E-state index is 0.466. The number of methoxy groups -OCH3 is 1. The summed E-state index contributed by atoms with van der Waals surface area (Å²) in [5.74, 6) is 0.968. The van der Waals surface area contributed by atoms with Gasteiger partial charge in [-0.1, -0.05) is 28.4 Å². The van der Waals surface area contributed by atoms with Gasteiger partial charge in [0, 0.05) is 29.3 Å². The largest absolute Gasteiger partial charge is 0.383 e. The number of rotatable bonds is 6. The normalized spacial score (nSPS) is 10.9. The molecule has 0 bridgehead atoms. The Bertz CT molecular complexity index is 525. The molecule has 0 spiro atoms. The van der Waals surface area contributed by atoms with Crippen molar-refractivity contribution in [3.05, 3.63) is 34.1 Å². The van der Waals surface area contributed by atoms with E-state index >= 15 is 0 Å². The van der Waals surface area contributed by atoms with Crippen molar-refractivity contribution >= 4 is 23.2 Å². The number of nitrogens with zero attached hydrogens (tertiary/aromatic N) is 2. The molecular formula is C12H13Cl2N3O2. The lowest BCUT2D eigenvalue weighted by atomic mass is 10.2. The van der Waals surface area contributed by atoms with E-state index < -0.39 is 0 Å². The molecule has 19 heavy (non-hydrogen) atoms. The van der Waals surface area contributed by atoms with Crippen molar-refractivity contribution in [2.45, 2.75) is 6.54 Å². The van der Waals surface area contributed by atoms with E-state index in [0.29, 0.717) is 34.9 Å². The maximum Gasteiger partial charge on any atom is 0.240 e. The highest BCUT2D eigenvalue weighted by atomic mass is 35.5. The van der Waals surface area contributed by atoms with Gasteiger partial charge in [-0.05, 0) is 18.2 Å². The number of ether oxygens (including phenoxy) is 1. The molecule has 2 aromatic rings. The number of hydrogen-bond donors (Lipinski definition) is 1. The minimum atomic E-state index is 0.466. The van der Waals surface area contributed by atoms with Crippen LogP contribution in [0.3, 0.4) is 0 Å². The number of nitrogens with one attached hydrogen (secondary N) is 1. The zero-order valence-corrected chi connectivity index (χ0v) is 11.8. The molecule has 0 aliphatic rings. The van der Waals surface area contributed by atoms with Crippen LogP contribution in [-0.4, -0.2) is 30.4 Å². The van der Waals surface area contributed by atoms with Crippen LogP contribution in [0.2, 0.25) is 10.0 Å². The lowest BCUT2D eigenvalue weighted by Gasteiger charge is -1.99. The quantitative estimate of drug-likeness (QED) is 0.831. The summed E-state index contributed by atoms with van der Waals surface area (Å²) in [5.41, 5.74) is 0.726. The molecule has 0 radical (unpaired) electrons. The predicted octanol–water partition coefficient (Wildman–Crippen LogP) is 2.78. The van der Waals surface area contributed by atoms with E-state index in [1.54, 1.807) is 25.3 Å². The van der Waals surface area contributed by atoms with E-state index in [-0.39, 0.29) is 0 Å². The summed E-state index contributed by atoms with van der Waals surface area (Å²) in [6.45, 7) is 1.84. The number of aromatic nitrogens is 2. The van der Waals surface area contributed by atoms with Crippen molar-refractivity contribution < 1.29 is 9.26 Å². The summed E-state index contributed by atoms with van der Waals surface area (Å²) in [4.78, 5) is 4.26. The van der Waals surface area contributed by atoms with Crippen molar-refractivity contribution in [3.8, 4) is 11.4 Å². The Kier molecular flexibility index (Phi) is 5.15. The van der Waals surface area contributed by atoms with Gasteiger partial charge in [0.1, 0.15) is 0 Å². The molecule has 1 aromatic carbocycles. The van der Waals surface area contributed by atoms with E-state index in [1.165, 1.54) is 0 Å². The highest BCUT2D eigenvalue weighted by molar-refractivity contribution is 6.35. The Labute approximate surface area is 120 Å². The molecule has 7 heteroatoms. The van der Waals surface area contributed by atoms with Crippen LogP contribution in [0.1, 0.15) is 5.89 Å². The second-order valence-corrected chi connectivity index (χ2v) is 4.71. The summed E-state index contributed by atoms with van der Waals surface area (Å²) in [7, 11) is 1.65. The minimum Gasteiger partial charge on any atom is -0.383 e. The standard InChI is InChI=1S/C12H13Cl2N3O2/c1-18-3-2-15-7-11-16-12(17-19-11)8-4-9(13)6-10(14)5-8/h4-6,15H,2-3,7H2,1H3. The molecule has 102 valence electrons. The molecule has 0 saturated carbocycles. The average Bonchev–Trinajstić information content (AvgIpc) is 2.82. The van der Waals surface area contributed by atoms with E-state index in [2.05, 4.69) is 15.5 Å². The van der Waals surface area contributed by atoms with Gasteiger partial charge in [-0.3, -0.25) is 0 Å². The summed E-state index contributed by atoms with van der Waals surface area (Å²) >= 11 is 11.9. The van der Waals surface area contributed by atoms with Crippen molar-refractivity contribution in [1.29, 1.82) is 0 Å². The third kappa shape index (κ3) is 4.18. The molecular weight excluding hydrogens is 289 g/mol. The second-order valence-electron chi connectivity index (χ2n) is 3.84. The van der Waals surface area contributed by atoms with Gasteiger partial charge in [-0.25, -0.2) is 0 Å². The van der Waals surface area contributed by atoms with Crippen molar-refractivity contribution in [3.63, 3.8) is 0 Å². The summed E-state index contributed by atoms with van der Waals surface area (Å²) in [5, 5.41) is 8.08. The van der Waals surface area contributed by atoms with Crippen molar-refractivity contribution in [2.75, 3.05) is 20.3 Å². The molecule has 0 aliphatic heterocycles. The first-order valence-electron chi connectivity index (χ1n) is 5.68. The molecule has 1 aromatic heterocycles. The third-order valence-electron chi connectivity index (χ3n) is 2.35. The van der Waals surface area contributed by atoms with Crippen LogP contribution in [-0.2, 0) is 11.3 Å². The Morgan fingerprint density at radius 1 is 1.26 bits per heavy atom. The third-order valence-corrected chi connectivity index (χ3v) is 2.78. The number of hydrogen-bond acceptors (Lipinski definition) is 5. The van der Waals surface area contributed by atoms with E-state index in [9.17, 15) is 0 Å². The summed E-state index contributed by atoms with van der Waals surface area (Å²) in [6.07, 6.45) is 0. The highest BCUT2D eigenvalue weighted by Crippen LogP contribution is 2.25. The molecule has 0 unspecified atom stereocenters. The lowest BCUT2D eigenvalue weighted by Crippen LogP contribution is -2.18. The Morgan fingerprint density at radius 3 is 2.68 bits per heavy atom. The lowest BCUT2D eigenvalue weighted by molar-refractivity contribution is 0.197. The van der Waals surface area contributed by atoms with Gasteiger partial charge in [0.2, 0.25) is 11.7 Å². The first-order valence-corrected chi connectivity index (χ1v) is 6.43. The van der Waals surface area contributed by atoms with E-state index in [4.69, 9.17) is 32.5 Å². The molecule has 1 heterocycles. The maximum absolute atomic E-state index is 5.93. The van der Waals surface area contributed by atoms with Crippen LogP contribution in [0.4, 0.5) is 0 Å². The van der Waals surface area contributed by atoms with Crippen LogP contribution in [0.25, 0.3) is 11.4 Å². The van der Waals surface area contributed by atoms with Crippen LogP contribution in [0.5, 0.6) is 0 Å². The second kappa shape index (κ2) is 6.86. The van der Waals surface area contributed by atoms with Crippen LogP contribution >= 0.6 is 23.2 Å². The molecule has 2 rings (SSSR count). The highest BCUT2D eigenvalue weighted by Gasteiger charge is 2.09. The van der Waals surface area contributed by atoms with Gasteiger partial charge in [-0.2, -0.15) is 4.98 Å². The van der Waals surface area contributed by atoms with Gasteiger partial charge in [-0.15, -0.1) is 0 Å².